The lowest BCUT2D eigenvalue weighted by atomic mass is 10.2. The van der Waals surface area contributed by atoms with Gasteiger partial charge in [0.15, 0.2) is 5.75 Å². The Morgan fingerprint density at radius 2 is 2.08 bits per heavy atom. The van der Waals surface area contributed by atoms with Crippen molar-refractivity contribution >= 4 is 11.6 Å². The van der Waals surface area contributed by atoms with Crippen molar-refractivity contribution in [3.63, 3.8) is 0 Å². The Bertz CT molecular complexity index is 797. The normalized spacial score (nSPS) is 10.8. The Morgan fingerprint density at radius 1 is 1.21 bits per heavy atom. The Balaban J connectivity index is 1.69. The molecule has 0 bridgehead atoms. The molecule has 2 heterocycles. The highest BCUT2D eigenvalue weighted by Crippen LogP contribution is 2.29. The third-order valence-electron chi connectivity index (χ3n) is 3.54. The minimum absolute atomic E-state index is 0.591. The summed E-state index contributed by atoms with van der Waals surface area (Å²) in [6.45, 7) is 5.23. The lowest BCUT2D eigenvalue weighted by Gasteiger charge is -2.09. The molecule has 124 valence electrons. The van der Waals surface area contributed by atoms with E-state index >= 15 is 0 Å². The summed E-state index contributed by atoms with van der Waals surface area (Å²) in [5.41, 5.74) is 3.88. The van der Waals surface area contributed by atoms with Gasteiger partial charge in [-0.25, -0.2) is 0 Å². The maximum Gasteiger partial charge on any atom is 0.172 e. The van der Waals surface area contributed by atoms with Gasteiger partial charge in [0.25, 0.3) is 0 Å². The van der Waals surface area contributed by atoms with E-state index in [0.29, 0.717) is 17.3 Å². The lowest BCUT2D eigenvalue weighted by molar-refractivity contribution is 0.468. The van der Waals surface area contributed by atoms with Gasteiger partial charge >= 0.3 is 0 Å². The molecule has 1 aromatic carbocycles. The van der Waals surface area contributed by atoms with Crippen molar-refractivity contribution in [3.8, 4) is 11.5 Å². The van der Waals surface area contributed by atoms with Crippen molar-refractivity contribution < 1.29 is 4.74 Å². The van der Waals surface area contributed by atoms with Gasteiger partial charge in [0.1, 0.15) is 11.4 Å². The topological polar surface area (TPSA) is 62.8 Å². The molecular weight excluding hydrogens is 324 g/mol. The van der Waals surface area contributed by atoms with Crippen molar-refractivity contribution in [1.82, 2.24) is 20.5 Å². The number of ether oxygens (including phenoxy) is 1. The molecular formula is C18H19ClN4O. The third kappa shape index (κ3) is 4.13. The van der Waals surface area contributed by atoms with E-state index in [0.717, 1.165) is 34.8 Å². The van der Waals surface area contributed by atoms with Crippen LogP contribution in [0.25, 0.3) is 0 Å². The summed E-state index contributed by atoms with van der Waals surface area (Å²) in [5.74, 6) is 1.44. The van der Waals surface area contributed by atoms with E-state index in [2.05, 4.69) is 20.5 Å². The van der Waals surface area contributed by atoms with Crippen LogP contribution in [0.4, 0.5) is 0 Å². The number of nitrogens with one attached hydrogen (secondary N) is 2. The number of aryl methyl sites for hydroxylation is 2. The average molecular weight is 343 g/mol. The zero-order valence-electron chi connectivity index (χ0n) is 13.6. The predicted molar refractivity (Wildman–Crippen MR) is 94.4 cm³/mol. The molecule has 0 fully saturated rings. The molecule has 2 N–H and O–H groups in total. The van der Waals surface area contributed by atoms with E-state index < -0.39 is 0 Å². The van der Waals surface area contributed by atoms with Crippen LogP contribution in [-0.2, 0) is 13.1 Å². The smallest absolute Gasteiger partial charge is 0.172 e. The number of benzene rings is 1. The second-order valence-corrected chi connectivity index (χ2v) is 6.09. The molecule has 0 spiro atoms. The van der Waals surface area contributed by atoms with Crippen LogP contribution in [0.15, 0.2) is 42.7 Å². The molecule has 0 unspecified atom stereocenters. The fourth-order valence-electron chi connectivity index (χ4n) is 2.43. The van der Waals surface area contributed by atoms with Gasteiger partial charge in [0, 0.05) is 30.5 Å². The first kappa shape index (κ1) is 16.5. The number of rotatable bonds is 6. The van der Waals surface area contributed by atoms with E-state index in [1.807, 2.05) is 44.3 Å². The summed E-state index contributed by atoms with van der Waals surface area (Å²) in [6.07, 6.45) is 3.61. The van der Waals surface area contributed by atoms with Gasteiger partial charge in [-0.05, 0) is 49.2 Å². The fraction of sp³-hybridized carbons (Fsp3) is 0.222. The van der Waals surface area contributed by atoms with Crippen LogP contribution in [0.3, 0.4) is 0 Å². The fourth-order valence-corrected chi connectivity index (χ4v) is 2.71. The molecule has 3 rings (SSSR count). The molecule has 3 aromatic rings. The van der Waals surface area contributed by atoms with Crippen LogP contribution in [0.2, 0.25) is 5.02 Å². The molecule has 0 aliphatic carbocycles. The molecule has 2 aromatic heterocycles. The Labute approximate surface area is 146 Å². The number of pyridine rings is 1. The van der Waals surface area contributed by atoms with E-state index in [1.165, 1.54) is 0 Å². The van der Waals surface area contributed by atoms with Crippen molar-refractivity contribution in [2.45, 2.75) is 26.9 Å². The van der Waals surface area contributed by atoms with Gasteiger partial charge in [0.2, 0.25) is 0 Å². The summed E-state index contributed by atoms with van der Waals surface area (Å²) >= 11 is 6.10. The molecule has 0 amide bonds. The van der Waals surface area contributed by atoms with Crippen molar-refractivity contribution in [1.29, 1.82) is 0 Å². The largest absolute Gasteiger partial charge is 0.453 e. The number of hydrogen-bond donors (Lipinski definition) is 2. The van der Waals surface area contributed by atoms with Gasteiger partial charge in [-0.3, -0.25) is 10.1 Å². The maximum absolute atomic E-state index is 6.10. The zero-order chi connectivity index (χ0) is 16.9. The van der Waals surface area contributed by atoms with E-state index in [9.17, 15) is 0 Å². The van der Waals surface area contributed by atoms with E-state index in [4.69, 9.17) is 16.3 Å². The molecule has 24 heavy (non-hydrogen) atoms. The van der Waals surface area contributed by atoms with Crippen LogP contribution in [0.5, 0.6) is 11.5 Å². The summed E-state index contributed by atoms with van der Waals surface area (Å²) in [7, 11) is 0. The number of H-pyrrole nitrogens is 1. The quantitative estimate of drug-likeness (QED) is 0.706. The molecule has 0 aliphatic heterocycles. The highest BCUT2D eigenvalue weighted by molar-refractivity contribution is 6.30. The maximum atomic E-state index is 6.10. The van der Waals surface area contributed by atoms with Crippen LogP contribution in [0, 0.1) is 13.8 Å². The Hall–Kier alpha value is -2.37. The molecule has 0 atom stereocenters. The number of halogens is 1. The number of aromatic amines is 1. The van der Waals surface area contributed by atoms with E-state index in [1.54, 1.807) is 12.3 Å². The summed E-state index contributed by atoms with van der Waals surface area (Å²) in [6, 6.07) is 9.60. The molecule has 0 saturated carbocycles. The van der Waals surface area contributed by atoms with Gasteiger partial charge in [-0.1, -0.05) is 17.7 Å². The minimum atomic E-state index is 0.591. The van der Waals surface area contributed by atoms with Crippen LogP contribution >= 0.6 is 11.6 Å². The summed E-state index contributed by atoms with van der Waals surface area (Å²) in [4.78, 5) is 4.11. The Kier molecular flexibility index (Phi) is 5.13. The third-order valence-corrected chi connectivity index (χ3v) is 3.76. The van der Waals surface area contributed by atoms with Crippen molar-refractivity contribution in [2.75, 3.05) is 0 Å². The minimum Gasteiger partial charge on any atom is -0.453 e. The lowest BCUT2D eigenvalue weighted by Crippen LogP contribution is -2.13. The standard InChI is InChI=1S/C18H19ClN4O/c1-12-6-15(19)8-16(7-12)24-18-13(2)22-23-17(18)11-21-10-14-4-3-5-20-9-14/h3-9,21H,10-11H2,1-2H3,(H,22,23). The predicted octanol–water partition coefficient (Wildman–Crippen LogP) is 4.16. The first-order valence-corrected chi connectivity index (χ1v) is 8.08. The van der Waals surface area contributed by atoms with Crippen LogP contribution in [-0.4, -0.2) is 15.2 Å². The van der Waals surface area contributed by atoms with E-state index in [-0.39, 0.29) is 0 Å². The molecule has 6 heteroatoms. The van der Waals surface area contributed by atoms with Gasteiger partial charge in [-0.15, -0.1) is 0 Å². The number of aromatic nitrogens is 3. The second-order valence-electron chi connectivity index (χ2n) is 5.66. The number of hydrogen-bond acceptors (Lipinski definition) is 4. The SMILES string of the molecule is Cc1cc(Cl)cc(Oc2c(CNCc3cccnc3)n[nH]c2C)c1. The number of nitrogens with zero attached hydrogens (tertiary/aromatic N) is 2. The summed E-state index contributed by atoms with van der Waals surface area (Å²) < 4.78 is 6.01. The van der Waals surface area contributed by atoms with Crippen LogP contribution < -0.4 is 10.1 Å². The molecule has 0 saturated heterocycles. The molecule has 0 radical (unpaired) electrons. The molecule has 0 aliphatic rings. The van der Waals surface area contributed by atoms with Gasteiger partial charge in [0.05, 0.1) is 5.69 Å². The van der Waals surface area contributed by atoms with Crippen LogP contribution in [0.1, 0.15) is 22.5 Å². The highest BCUT2D eigenvalue weighted by atomic mass is 35.5. The average Bonchev–Trinajstić information content (AvgIpc) is 2.88. The first-order chi connectivity index (χ1) is 11.6. The van der Waals surface area contributed by atoms with Crippen molar-refractivity contribution in [3.05, 3.63) is 70.3 Å². The Morgan fingerprint density at radius 3 is 2.83 bits per heavy atom. The summed E-state index contributed by atoms with van der Waals surface area (Å²) in [5, 5.41) is 11.3. The second kappa shape index (κ2) is 7.47. The molecule has 5 nitrogen and oxygen atoms in total. The van der Waals surface area contributed by atoms with Gasteiger partial charge in [-0.2, -0.15) is 5.10 Å². The van der Waals surface area contributed by atoms with Gasteiger partial charge < -0.3 is 10.1 Å². The van der Waals surface area contributed by atoms with Crippen molar-refractivity contribution in [2.24, 2.45) is 0 Å². The first-order valence-electron chi connectivity index (χ1n) is 7.70. The highest BCUT2D eigenvalue weighted by Gasteiger charge is 2.13. The zero-order valence-corrected chi connectivity index (χ0v) is 14.4. The monoisotopic (exact) mass is 342 g/mol.